The number of amides is 1. The van der Waals surface area contributed by atoms with Crippen LogP contribution in [0.4, 0.5) is 5.69 Å². The number of halogens is 1. The van der Waals surface area contributed by atoms with Crippen molar-refractivity contribution in [2.75, 3.05) is 26.6 Å². The number of ether oxygens (including phenoxy) is 3. The molecule has 8 heteroatoms. The molecular weight excluding hydrogens is 382 g/mol. The Balaban J connectivity index is 1.77. The lowest BCUT2D eigenvalue weighted by atomic mass is 10.1. The fraction of sp³-hybridized carbons (Fsp3) is 0.200. The van der Waals surface area contributed by atoms with Crippen LogP contribution in [0.25, 0.3) is 0 Å². The predicted molar refractivity (Wildman–Crippen MR) is 107 cm³/mol. The van der Waals surface area contributed by atoms with E-state index in [4.69, 9.17) is 25.8 Å². The molecule has 3 aromatic rings. The van der Waals surface area contributed by atoms with Gasteiger partial charge in [-0.05, 0) is 29.8 Å². The van der Waals surface area contributed by atoms with Gasteiger partial charge in [-0.25, -0.2) is 0 Å². The van der Waals surface area contributed by atoms with E-state index >= 15 is 0 Å². The van der Waals surface area contributed by atoms with Crippen LogP contribution >= 0.6 is 11.6 Å². The lowest BCUT2D eigenvalue weighted by Crippen LogP contribution is -2.13. The van der Waals surface area contributed by atoms with E-state index in [9.17, 15) is 4.79 Å². The summed E-state index contributed by atoms with van der Waals surface area (Å²) >= 11 is 5.90. The second-order valence-corrected chi connectivity index (χ2v) is 6.33. The van der Waals surface area contributed by atoms with Crippen LogP contribution < -0.4 is 19.5 Å². The number of aromatic nitrogens is 2. The second kappa shape index (κ2) is 8.67. The molecule has 0 aliphatic rings. The minimum absolute atomic E-state index is 0.299. The molecule has 0 saturated carbocycles. The Morgan fingerprint density at radius 3 is 2.39 bits per heavy atom. The fourth-order valence-electron chi connectivity index (χ4n) is 2.77. The molecule has 0 unspecified atom stereocenters. The molecule has 146 valence electrons. The highest BCUT2D eigenvalue weighted by Gasteiger charge is 2.21. The Morgan fingerprint density at radius 2 is 1.75 bits per heavy atom. The second-order valence-electron chi connectivity index (χ2n) is 5.89. The van der Waals surface area contributed by atoms with Crippen molar-refractivity contribution in [1.82, 2.24) is 9.78 Å². The van der Waals surface area contributed by atoms with E-state index in [1.165, 1.54) is 21.3 Å². The molecule has 0 atom stereocenters. The number of carbonyl (C=O) groups excluding carboxylic acids is 1. The predicted octanol–water partition coefficient (Wildman–Crippen LogP) is 3.86. The lowest BCUT2D eigenvalue weighted by Gasteiger charge is -2.15. The fourth-order valence-corrected chi connectivity index (χ4v) is 2.90. The van der Waals surface area contributed by atoms with Gasteiger partial charge in [0, 0.05) is 11.2 Å². The minimum atomic E-state index is -0.344. The molecule has 0 bridgehead atoms. The highest BCUT2D eigenvalue weighted by molar-refractivity contribution is 6.30. The first-order chi connectivity index (χ1) is 13.5. The van der Waals surface area contributed by atoms with E-state index in [-0.39, 0.29) is 5.91 Å². The van der Waals surface area contributed by atoms with Gasteiger partial charge in [-0.1, -0.05) is 23.7 Å². The third kappa shape index (κ3) is 4.20. The van der Waals surface area contributed by atoms with Gasteiger partial charge >= 0.3 is 0 Å². The Bertz CT molecular complexity index is 970. The van der Waals surface area contributed by atoms with Gasteiger partial charge < -0.3 is 19.5 Å². The molecule has 0 aliphatic heterocycles. The molecule has 1 heterocycles. The molecule has 1 N–H and O–H groups in total. The van der Waals surface area contributed by atoms with E-state index in [1.807, 2.05) is 24.3 Å². The van der Waals surface area contributed by atoms with Crippen LogP contribution in [0.5, 0.6) is 17.2 Å². The summed E-state index contributed by atoms with van der Waals surface area (Å²) in [5.74, 6) is 0.791. The lowest BCUT2D eigenvalue weighted by molar-refractivity contribution is 0.102. The van der Waals surface area contributed by atoms with Crippen molar-refractivity contribution in [3.05, 3.63) is 64.9 Å². The maximum Gasteiger partial charge on any atom is 0.259 e. The molecule has 7 nitrogen and oxygen atoms in total. The summed E-state index contributed by atoms with van der Waals surface area (Å²) in [5.41, 5.74) is 1.94. The van der Waals surface area contributed by atoms with Crippen molar-refractivity contribution in [3.63, 3.8) is 0 Å². The summed E-state index contributed by atoms with van der Waals surface area (Å²) in [4.78, 5) is 12.7. The van der Waals surface area contributed by atoms with Gasteiger partial charge in [0.15, 0.2) is 11.5 Å². The van der Waals surface area contributed by atoms with Crippen LogP contribution in [0.15, 0.2) is 48.8 Å². The summed E-state index contributed by atoms with van der Waals surface area (Å²) in [7, 11) is 4.48. The van der Waals surface area contributed by atoms with Crippen LogP contribution in [0.1, 0.15) is 15.9 Å². The molecule has 0 fully saturated rings. The number of hydrogen-bond acceptors (Lipinski definition) is 5. The van der Waals surface area contributed by atoms with E-state index in [1.54, 1.807) is 29.2 Å². The zero-order valence-corrected chi connectivity index (χ0v) is 16.5. The van der Waals surface area contributed by atoms with Gasteiger partial charge in [0.2, 0.25) is 5.75 Å². The van der Waals surface area contributed by atoms with Gasteiger partial charge in [-0.15, -0.1) is 0 Å². The molecule has 3 rings (SSSR count). The van der Waals surface area contributed by atoms with E-state index in [0.29, 0.717) is 40.1 Å². The van der Waals surface area contributed by atoms with Crippen molar-refractivity contribution in [3.8, 4) is 17.2 Å². The Labute approximate surface area is 167 Å². The smallest absolute Gasteiger partial charge is 0.259 e. The van der Waals surface area contributed by atoms with Crippen molar-refractivity contribution in [2.24, 2.45) is 0 Å². The number of methoxy groups -OCH3 is 3. The molecule has 0 spiro atoms. The van der Waals surface area contributed by atoms with Crippen LogP contribution in [-0.2, 0) is 6.54 Å². The largest absolute Gasteiger partial charge is 0.493 e. The van der Waals surface area contributed by atoms with Crippen LogP contribution in [0.2, 0.25) is 5.02 Å². The molecular formula is C20H20ClN3O4. The zero-order chi connectivity index (χ0) is 20.1. The van der Waals surface area contributed by atoms with Crippen LogP contribution in [0.3, 0.4) is 0 Å². The number of nitrogens with zero attached hydrogens (tertiary/aromatic N) is 2. The topological polar surface area (TPSA) is 74.6 Å². The minimum Gasteiger partial charge on any atom is -0.493 e. The van der Waals surface area contributed by atoms with E-state index < -0.39 is 0 Å². The number of benzene rings is 2. The maximum absolute atomic E-state index is 12.7. The van der Waals surface area contributed by atoms with Crippen LogP contribution in [0, 0.1) is 0 Å². The first kappa shape index (κ1) is 19.6. The summed E-state index contributed by atoms with van der Waals surface area (Å²) in [6, 6.07) is 10.8. The number of nitrogens with one attached hydrogen (secondary N) is 1. The summed E-state index contributed by atoms with van der Waals surface area (Å²) < 4.78 is 17.7. The van der Waals surface area contributed by atoms with Crippen molar-refractivity contribution in [1.29, 1.82) is 0 Å². The zero-order valence-electron chi connectivity index (χ0n) is 15.7. The summed E-state index contributed by atoms with van der Waals surface area (Å²) in [6.45, 7) is 0.562. The Kier molecular flexibility index (Phi) is 6.06. The number of rotatable bonds is 7. The standard InChI is InChI=1S/C20H20ClN3O4/c1-26-17-9-8-16(18(27-2)19(17)28-3)20(25)23-15-10-22-24(12-15)11-13-4-6-14(21)7-5-13/h4-10,12H,11H2,1-3H3,(H,23,25). The molecule has 1 amide bonds. The Hall–Kier alpha value is -3.19. The van der Waals surface area contributed by atoms with Gasteiger partial charge in [0.05, 0.1) is 45.3 Å². The highest BCUT2D eigenvalue weighted by atomic mass is 35.5. The van der Waals surface area contributed by atoms with Crippen molar-refractivity contribution >= 4 is 23.2 Å². The third-order valence-electron chi connectivity index (χ3n) is 4.10. The van der Waals surface area contributed by atoms with Gasteiger partial charge in [0.1, 0.15) is 0 Å². The maximum atomic E-state index is 12.7. The van der Waals surface area contributed by atoms with E-state index in [2.05, 4.69) is 10.4 Å². The van der Waals surface area contributed by atoms with Crippen molar-refractivity contribution < 1.29 is 19.0 Å². The molecule has 28 heavy (non-hydrogen) atoms. The quantitative estimate of drug-likeness (QED) is 0.650. The van der Waals surface area contributed by atoms with Gasteiger partial charge in [-0.3, -0.25) is 9.48 Å². The number of hydrogen-bond donors (Lipinski definition) is 1. The molecule has 2 aromatic carbocycles. The third-order valence-corrected chi connectivity index (χ3v) is 4.35. The van der Waals surface area contributed by atoms with Crippen molar-refractivity contribution in [2.45, 2.75) is 6.54 Å². The van der Waals surface area contributed by atoms with Gasteiger partial charge in [-0.2, -0.15) is 5.10 Å². The van der Waals surface area contributed by atoms with Crippen LogP contribution in [-0.4, -0.2) is 37.0 Å². The number of carbonyl (C=O) groups is 1. The molecule has 0 saturated heterocycles. The molecule has 0 radical (unpaired) electrons. The summed E-state index contributed by atoms with van der Waals surface area (Å²) in [6.07, 6.45) is 3.33. The number of anilines is 1. The average molecular weight is 402 g/mol. The highest BCUT2D eigenvalue weighted by Crippen LogP contribution is 2.39. The first-order valence-corrected chi connectivity index (χ1v) is 8.80. The monoisotopic (exact) mass is 401 g/mol. The molecule has 1 aromatic heterocycles. The van der Waals surface area contributed by atoms with E-state index in [0.717, 1.165) is 5.56 Å². The Morgan fingerprint density at radius 1 is 1.04 bits per heavy atom. The summed E-state index contributed by atoms with van der Waals surface area (Å²) in [5, 5.41) is 7.78. The average Bonchev–Trinajstić information content (AvgIpc) is 3.14. The van der Waals surface area contributed by atoms with Gasteiger partial charge in [0.25, 0.3) is 5.91 Å². The normalized spacial score (nSPS) is 10.4. The first-order valence-electron chi connectivity index (χ1n) is 8.43. The SMILES string of the molecule is COc1ccc(C(=O)Nc2cnn(Cc3ccc(Cl)cc3)c2)c(OC)c1OC. The molecule has 0 aliphatic carbocycles.